The average Bonchev–Trinajstić information content (AvgIpc) is 2.41. The van der Waals surface area contributed by atoms with Gasteiger partial charge in [0.15, 0.2) is 0 Å². The lowest BCUT2D eigenvalue weighted by atomic mass is 10.2. The van der Waals surface area contributed by atoms with Gasteiger partial charge in [0.1, 0.15) is 0 Å². The van der Waals surface area contributed by atoms with Crippen molar-refractivity contribution in [2.45, 2.75) is 42.4 Å². The molecule has 2 aliphatic rings. The van der Waals surface area contributed by atoms with Gasteiger partial charge in [-0.25, -0.2) is 0 Å². The van der Waals surface area contributed by atoms with Crippen LogP contribution >= 0.6 is 0 Å². The van der Waals surface area contributed by atoms with Gasteiger partial charge in [0, 0.05) is 19.0 Å². The average molecular weight is 256 g/mol. The van der Waals surface area contributed by atoms with Gasteiger partial charge < -0.3 is 0 Å². The fraction of sp³-hybridized carbons (Fsp3) is 0.467. The van der Waals surface area contributed by atoms with E-state index in [4.69, 9.17) is 0 Å². The Morgan fingerprint density at radius 1 is 0.765 bits per heavy atom. The predicted molar refractivity (Wildman–Crippen MR) is 79.0 cm³/mol. The summed E-state index contributed by atoms with van der Waals surface area (Å²) in [6, 6.07) is 2.87. The molecule has 2 unspecified atom stereocenters. The molecular weight excluding hydrogens is 236 g/mol. The van der Waals surface area contributed by atoms with Crippen molar-refractivity contribution >= 4 is 19.0 Å². The molecule has 2 atom stereocenters. The molecule has 2 aliphatic carbocycles. The monoisotopic (exact) mass is 256 g/mol. The molecule has 0 aromatic heterocycles. The first-order valence-electron chi connectivity index (χ1n) is 6.58. The van der Waals surface area contributed by atoms with Crippen LogP contribution in [0.5, 0.6) is 0 Å². The van der Waals surface area contributed by atoms with Crippen molar-refractivity contribution in [2.75, 3.05) is 0 Å². The Balaban J connectivity index is 1.49. The standard InChI is InChI=1S/C15H20Si2/c1-3-8-14(9-4-1)16-12-7-13-17-15-10-5-2-6-11-15/h1-6,8,10,14-15H,7,9,11-13H2. The van der Waals surface area contributed by atoms with Crippen molar-refractivity contribution in [3.05, 3.63) is 48.6 Å². The molecule has 0 saturated carbocycles. The molecule has 2 rings (SSSR count). The van der Waals surface area contributed by atoms with Crippen molar-refractivity contribution in [3.8, 4) is 0 Å². The second-order valence-corrected chi connectivity index (χ2v) is 7.87. The molecule has 88 valence electrons. The first kappa shape index (κ1) is 12.8. The minimum absolute atomic E-state index is 0.848. The summed E-state index contributed by atoms with van der Waals surface area (Å²) in [4.78, 5) is 0. The van der Waals surface area contributed by atoms with Crippen LogP contribution in [0.4, 0.5) is 0 Å². The van der Waals surface area contributed by atoms with Gasteiger partial charge in [0.25, 0.3) is 0 Å². The van der Waals surface area contributed by atoms with Crippen molar-refractivity contribution in [1.29, 1.82) is 0 Å². The molecular formula is C15H20Si2. The molecule has 0 N–H and O–H groups in total. The number of rotatable bonds is 6. The zero-order valence-corrected chi connectivity index (χ0v) is 12.3. The van der Waals surface area contributed by atoms with Crippen molar-refractivity contribution in [1.82, 2.24) is 0 Å². The topological polar surface area (TPSA) is 0 Å². The van der Waals surface area contributed by atoms with Crippen LogP contribution in [-0.2, 0) is 0 Å². The Kier molecular flexibility index (Phi) is 5.79. The second-order valence-electron chi connectivity index (χ2n) is 4.57. The van der Waals surface area contributed by atoms with Gasteiger partial charge in [-0.2, -0.15) is 0 Å². The van der Waals surface area contributed by atoms with E-state index in [2.05, 4.69) is 48.6 Å². The molecule has 0 spiro atoms. The number of allylic oxidation sites excluding steroid dienone is 8. The summed E-state index contributed by atoms with van der Waals surface area (Å²) in [6.45, 7) is 0. The van der Waals surface area contributed by atoms with E-state index in [0.29, 0.717) is 0 Å². The van der Waals surface area contributed by atoms with Crippen molar-refractivity contribution in [3.63, 3.8) is 0 Å². The SMILES string of the molecule is C1=CCC([Si]CCC[Si]C2C=CC=CC2)C=C1. The van der Waals surface area contributed by atoms with Crippen LogP contribution in [0.1, 0.15) is 19.3 Å². The first-order valence-corrected chi connectivity index (χ1v) is 9.15. The van der Waals surface area contributed by atoms with Crippen LogP contribution in [0.2, 0.25) is 23.2 Å². The van der Waals surface area contributed by atoms with Gasteiger partial charge in [-0.15, -0.1) is 0 Å². The van der Waals surface area contributed by atoms with Crippen LogP contribution in [0.3, 0.4) is 0 Å². The highest BCUT2D eigenvalue weighted by molar-refractivity contribution is 6.40. The molecule has 4 radical (unpaired) electrons. The summed E-state index contributed by atoms with van der Waals surface area (Å²) in [5.41, 5.74) is 1.70. The van der Waals surface area contributed by atoms with E-state index in [9.17, 15) is 0 Å². The molecule has 0 aromatic carbocycles. The summed E-state index contributed by atoms with van der Waals surface area (Å²) in [5.74, 6) is 0. The molecule has 0 aliphatic heterocycles. The van der Waals surface area contributed by atoms with Crippen LogP contribution in [0.25, 0.3) is 0 Å². The first-order chi connectivity index (χ1) is 8.45. The smallest absolute Gasteiger partial charge is 0.0468 e. The van der Waals surface area contributed by atoms with Crippen LogP contribution in [0, 0.1) is 0 Å². The van der Waals surface area contributed by atoms with Crippen LogP contribution in [0.15, 0.2) is 48.6 Å². The summed E-state index contributed by atoms with van der Waals surface area (Å²) < 4.78 is 0. The van der Waals surface area contributed by atoms with E-state index in [1.54, 1.807) is 0 Å². The van der Waals surface area contributed by atoms with Crippen LogP contribution < -0.4 is 0 Å². The molecule has 0 fully saturated rings. The van der Waals surface area contributed by atoms with Gasteiger partial charge in [-0.1, -0.05) is 67.1 Å². The zero-order valence-electron chi connectivity index (χ0n) is 10.3. The normalized spacial score (nSPS) is 26.6. The van der Waals surface area contributed by atoms with Crippen molar-refractivity contribution < 1.29 is 0 Å². The Bertz CT molecular complexity index is 294. The van der Waals surface area contributed by atoms with Gasteiger partial charge in [-0.05, 0) is 23.9 Å². The highest BCUT2D eigenvalue weighted by Crippen LogP contribution is 2.21. The molecule has 17 heavy (non-hydrogen) atoms. The van der Waals surface area contributed by atoms with Gasteiger partial charge in [0.2, 0.25) is 0 Å². The molecule has 2 heteroatoms. The lowest BCUT2D eigenvalue weighted by molar-refractivity contribution is 0.954. The highest BCUT2D eigenvalue weighted by Gasteiger charge is 2.08. The number of hydrogen-bond donors (Lipinski definition) is 0. The van der Waals surface area contributed by atoms with E-state index in [-0.39, 0.29) is 0 Å². The quantitative estimate of drug-likeness (QED) is 0.493. The Labute approximate surface area is 110 Å². The van der Waals surface area contributed by atoms with Crippen LogP contribution in [-0.4, -0.2) is 19.0 Å². The van der Waals surface area contributed by atoms with E-state index < -0.39 is 0 Å². The van der Waals surface area contributed by atoms with E-state index in [1.807, 2.05) is 0 Å². The Morgan fingerprint density at radius 3 is 1.71 bits per heavy atom. The Hall–Kier alpha value is -0.606. The van der Waals surface area contributed by atoms with E-state index in [0.717, 1.165) is 30.1 Å². The van der Waals surface area contributed by atoms with Gasteiger partial charge in [0.05, 0.1) is 0 Å². The third-order valence-electron chi connectivity index (χ3n) is 3.13. The molecule has 0 aromatic rings. The fourth-order valence-electron chi connectivity index (χ4n) is 2.13. The van der Waals surface area contributed by atoms with E-state index >= 15 is 0 Å². The maximum Gasteiger partial charge on any atom is 0.0468 e. The van der Waals surface area contributed by atoms with Crippen molar-refractivity contribution in [2.24, 2.45) is 0 Å². The predicted octanol–water partition coefficient (Wildman–Crippen LogP) is 4.23. The molecule has 0 heterocycles. The minimum Gasteiger partial charge on any atom is -0.0843 e. The maximum atomic E-state index is 2.38. The molecule has 0 nitrogen and oxygen atoms in total. The second kappa shape index (κ2) is 7.67. The number of hydrogen-bond acceptors (Lipinski definition) is 0. The third-order valence-corrected chi connectivity index (χ3v) is 6.32. The summed E-state index contributed by atoms with van der Waals surface area (Å²) in [7, 11) is 2.27. The summed E-state index contributed by atoms with van der Waals surface area (Å²) >= 11 is 0. The molecule has 0 amide bonds. The van der Waals surface area contributed by atoms with Gasteiger partial charge >= 0.3 is 0 Å². The molecule has 0 bridgehead atoms. The molecule has 0 saturated heterocycles. The Morgan fingerprint density at radius 2 is 1.29 bits per heavy atom. The minimum atomic E-state index is 0.848. The maximum absolute atomic E-state index is 2.38. The summed E-state index contributed by atoms with van der Waals surface area (Å²) in [6.07, 6.45) is 22.1. The highest BCUT2D eigenvalue weighted by atomic mass is 28.2. The fourth-order valence-corrected chi connectivity index (χ4v) is 5.08. The lowest BCUT2D eigenvalue weighted by Gasteiger charge is -2.13. The lowest BCUT2D eigenvalue weighted by Crippen LogP contribution is -2.04. The largest absolute Gasteiger partial charge is 0.0843 e. The third kappa shape index (κ3) is 5.05. The zero-order chi connectivity index (χ0) is 11.8. The van der Waals surface area contributed by atoms with E-state index in [1.165, 1.54) is 31.4 Å². The van der Waals surface area contributed by atoms with Gasteiger partial charge in [-0.3, -0.25) is 0 Å². The summed E-state index contributed by atoms with van der Waals surface area (Å²) in [5, 5.41) is 0.